The molecule has 4 aromatic carbocycles. The van der Waals surface area contributed by atoms with Gasteiger partial charge >= 0.3 is 0 Å². The van der Waals surface area contributed by atoms with E-state index in [2.05, 4.69) is 83.6 Å². The smallest absolute Gasteiger partial charge is 0.00208 e. The van der Waals surface area contributed by atoms with Gasteiger partial charge in [-0.1, -0.05) is 66.7 Å². The molecule has 0 bridgehead atoms. The van der Waals surface area contributed by atoms with Crippen LogP contribution in [-0.4, -0.2) is 0 Å². The van der Waals surface area contributed by atoms with Gasteiger partial charge in [-0.3, -0.25) is 0 Å². The lowest BCUT2D eigenvalue weighted by Crippen LogP contribution is -1.85. The summed E-state index contributed by atoms with van der Waals surface area (Å²) in [6.07, 6.45) is 4.43. The van der Waals surface area contributed by atoms with E-state index in [1.807, 2.05) is 0 Å². The Hall–Kier alpha value is -2.64. The molecule has 0 spiro atoms. The fourth-order valence-corrected chi connectivity index (χ4v) is 4.09. The Morgan fingerprint density at radius 1 is 0.652 bits per heavy atom. The van der Waals surface area contributed by atoms with E-state index in [1.165, 1.54) is 43.4 Å². The van der Waals surface area contributed by atoms with Gasteiger partial charge in [-0.2, -0.15) is 11.3 Å². The minimum Gasteiger partial charge on any atom is -0.152 e. The van der Waals surface area contributed by atoms with E-state index >= 15 is 0 Å². The van der Waals surface area contributed by atoms with Crippen LogP contribution in [0.1, 0.15) is 11.1 Å². The summed E-state index contributed by atoms with van der Waals surface area (Å²) in [5.74, 6) is 0. The molecule has 5 rings (SSSR count). The summed E-state index contributed by atoms with van der Waals surface area (Å²) in [5.41, 5.74) is 2.54. The van der Waals surface area contributed by atoms with Gasteiger partial charge < -0.3 is 0 Å². The zero-order chi connectivity index (χ0) is 15.2. The van der Waals surface area contributed by atoms with Crippen LogP contribution in [0.2, 0.25) is 0 Å². The highest BCUT2D eigenvalue weighted by Crippen LogP contribution is 2.36. The van der Waals surface area contributed by atoms with Crippen LogP contribution in [0.15, 0.2) is 71.4 Å². The van der Waals surface area contributed by atoms with Gasteiger partial charge in [-0.15, -0.1) is 0 Å². The molecule has 0 aliphatic carbocycles. The Morgan fingerprint density at radius 2 is 1.39 bits per heavy atom. The Kier molecular flexibility index (Phi) is 2.76. The SMILES string of the molecule is C(=C\c1ccc2ccc3cccc4ccc1c2c34)/c1ccsc1. The molecule has 0 radical (unpaired) electrons. The van der Waals surface area contributed by atoms with E-state index in [0.717, 1.165) is 0 Å². The predicted molar refractivity (Wildman–Crippen MR) is 103 cm³/mol. The standard InChI is InChI=1S/C22H14S/c1-2-17-8-9-19-7-6-16(5-4-15-12-13-23-14-15)20-11-10-18(3-1)21(17)22(19)20/h1-14H/b5-4+. The molecule has 0 aliphatic heterocycles. The topological polar surface area (TPSA) is 0 Å². The molecule has 0 amide bonds. The highest BCUT2D eigenvalue weighted by Gasteiger charge is 2.09. The Labute approximate surface area is 138 Å². The first kappa shape index (κ1) is 12.9. The minimum absolute atomic E-state index is 1.26. The molecule has 0 saturated carbocycles. The van der Waals surface area contributed by atoms with E-state index in [4.69, 9.17) is 0 Å². The number of hydrogen-bond acceptors (Lipinski definition) is 1. The molecule has 0 N–H and O–H groups in total. The van der Waals surface area contributed by atoms with Crippen LogP contribution in [0, 0.1) is 0 Å². The van der Waals surface area contributed by atoms with E-state index in [1.54, 1.807) is 11.3 Å². The monoisotopic (exact) mass is 310 g/mol. The second-order valence-corrected chi connectivity index (χ2v) is 6.68. The number of thiophene rings is 1. The molecule has 1 aromatic heterocycles. The van der Waals surface area contributed by atoms with Crippen molar-refractivity contribution < 1.29 is 0 Å². The molecule has 0 unspecified atom stereocenters. The first-order valence-corrected chi connectivity index (χ1v) is 8.71. The average molecular weight is 310 g/mol. The van der Waals surface area contributed by atoms with E-state index in [0.29, 0.717) is 0 Å². The summed E-state index contributed by atoms with van der Waals surface area (Å²) < 4.78 is 0. The Bertz CT molecular complexity index is 1130. The normalized spacial score (nSPS) is 12.2. The Morgan fingerprint density at radius 3 is 2.17 bits per heavy atom. The van der Waals surface area contributed by atoms with Crippen LogP contribution in [-0.2, 0) is 0 Å². The van der Waals surface area contributed by atoms with E-state index in [-0.39, 0.29) is 0 Å². The molecule has 0 atom stereocenters. The van der Waals surface area contributed by atoms with Crippen LogP contribution >= 0.6 is 11.3 Å². The molecule has 23 heavy (non-hydrogen) atoms. The van der Waals surface area contributed by atoms with Crippen molar-refractivity contribution in [3.05, 3.63) is 82.6 Å². The van der Waals surface area contributed by atoms with Crippen LogP contribution in [0.3, 0.4) is 0 Å². The van der Waals surface area contributed by atoms with Crippen LogP contribution in [0.5, 0.6) is 0 Å². The summed E-state index contributed by atoms with van der Waals surface area (Å²) in [6.45, 7) is 0. The second kappa shape index (κ2) is 4.94. The fraction of sp³-hybridized carbons (Fsp3) is 0. The van der Waals surface area contributed by atoms with Crippen molar-refractivity contribution in [2.24, 2.45) is 0 Å². The first-order valence-electron chi connectivity index (χ1n) is 7.77. The van der Waals surface area contributed by atoms with Crippen molar-refractivity contribution in [1.82, 2.24) is 0 Å². The van der Waals surface area contributed by atoms with Crippen LogP contribution in [0.25, 0.3) is 44.5 Å². The maximum Gasteiger partial charge on any atom is -0.00208 e. The molecule has 0 aliphatic rings. The molecular formula is C22H14S. The molecule has 0 nitrogen and oxygen atoms in total. The third-order valence-electron chi connectivity index (χ3n) is 4.56. The van der Waals surface area contributed by atoms with E-state index < -0.39 is 0 Å². The summed E-state index contributed by atoms with van der Waals surface area (Å²) in [6, 6.07) is 22.1. The molecule has 1 heteroatoms. The average Bonchev–Trinajstić information content (AvgIpc) is 3.12. The molecule has 5 aromatic rings. The molecule has 1 heterocycles. The second-order valence-electron chi connectivity index (χ2n) is 5.90. The highest BCUT2D eigenvalue weighted by molar-refractivity contribution is 7.08. The number of benzene rings is 4. The molecule has 0 fully saturated rings. The third kappa shape index (κ3) is 1.97. The van der Waals surface area contributed by atoms with Gasteiger partial charge in [0.25, 0.3) is 0 Å². The number of rotatable bonds is 2. The van der Waals surface area contributed by atoms with Gasteiger partial charge in [-0.25, -0.2) is 0 Å². The molecule has 108 valence electrons. The summed E-state index contributed by atoms with van der Waals surface area (Å²) in [4.78, 5) is 0. The predicted octanol–water partition coefficient (Wildman–Crippen LogP) is 6.82. The molecule has 0 saturated heterocycles. The van der Waals surface area contributed by atoms with Gasteiger partial charge in [0.05, 0.1) is 0 Å². The lowest BCUT2D eigenvalue weighted by atomic mass is 9.92. The van der Waals surface area contributed by atoms with Gasteiger partial charge in [0, 0.05) is 0 Å². The van der Waals surface area contributed by atoms with Crippen molar-refractivity contribution in [1.29, 1.82) is 0 Å². The zero-order valence-corrected chi connectivity index (χ0v) is 13.3. The maximum absolute atomic E-state index is 2.26. The third-order valence-corrected chi connectivity index (χ3v) is 5.26. The van der Waals surface area contributed by atoms with Crippen LogP contribution in [0.4, 0.5) is 0 Å². The van der Waals surface area contributed by atoms with Gasteiger partial charge in [0.15, 0.2) is 0 Å². The van der Waals surface area contributed by atoms with Crippen molar-refractivity contribution in [2.45, 2.75) is 0 Å². The minimum atomic E-state index is 1.26. The quantitative estimate of drug-likeness (QED) is 0.314. The van der Waals surface area contributed by atoms with Crippen molar-refractivity contribution >= 4 is 55.8 Å². The van der Waals surface area contributed by atoms with Crippen molar-refractivity contribution in [2.75, 3.05) is 0 Å². The summed E-state index contributed by atoms with van der Waals surface area (Å²) in [7, 11) is 0. The van der Waals surface area contributed by atoms with E-state index in [9.17, 15) is 0 Å². The highest BCUT2D eigenvalue weighted by atomic mass is 32.1. The van der Waals surface area contributed by atoms with Crippen molar-refractivity contribution in [3.8, 4) is 0 Å². The van der Waals surface area contributed by atoms with Crippen molar-refractivity contribution in [3.63, 3.8) is 0 Å². The zero-order valence-electron chi connectivity index (χ0n) is 12.5. The summed E-state index contributed by atoms with van der Waals surface area (Å²) in [5, 5.41) is 12.3. The largest absolute Gasteiger partial charge is 0.152 e. The van der Waals surface area contributed by atoms with Gasteiger partial charge in [-0.05, 0) is 60.3 Å². The van der Waals surface area contributed by atoms with Gasteiger partial charge in [0.2, 0.25) is 0 Å². The van der Waals surface area contributed by atoms with Gasteiger partial charge in [0.1, 0.15) is 0 Å². The molecular weight excluding hydrogens is 296 g/mol. The fourth-order valence-electron chi connectivity index (χ4n) is 3.46. The summed E-state index contributed by atoms with van der Waals surface area (Å²) >= 11 is 1.73. The van der Waals surface area contributed by atoms with Crippen LogP contribution < -0.4 is 0 Å². The Balaban J connectivity index is 1.84. The lowest BCUT2D eigenvalue weighted by molar-refractivity contribution is 1.75. The number of hydrogen-bond donors (Lipinski definition) is 0. The lowest BCUT2D eigenvalue weighted by Gasteiger charge is -2.12. The first-order chi connectivity index (χ1) is 11.4. The maximum atomic E-state index is 2.26.